The highest BCUT2D eigenvalue weighted by Crippen LogP contribution is 2.26. The Labute approximate surface area is 154 Å². The highest BCUT2D eigenvalue weighted by molar-refractivity contribution is 6.32. The molecule has 0 unspecified atom stereocenters. The Hall–Kier alpha value is -2.86. The zero-order chi connectivity index (χ0) is 18.3. The van der Waals surface area contributed by atoms with Crippen LogP contribution in [0.3, 0.4) is 0 Å². The molecule has 1 heterocycles. The molecular weight excluding hydrogens is 354 g/mol. The Morgan fingerprint density at radius 1 is 1.27 bits per heavy atom. The van der Waals surface area contributed by atoms with Crippen LogP contribution in [-0.2, 0) is 0 Å². The smallest absolute Gasteiger partial charge is 0.265 e. The van der Waals surface area contributed by atoms with Gasteiger partial charge in [0.25, 0.3) is 11.5 Å². The molecule has 1 aliphatic carbocycles. The molecule has 1 N–H and O–H groups in total. The van der Waals surface area contributed by atoms with Crippen LogP contribution in [0.25, 0.3) is 16.6 Å². The fraction of sp³-hybridized carbons (Fsp3) is 0.211. The first-order valence-corrected chi connectivity index (χ1v) is 8.61. The normalized spacial score (nSPS) is 13.6. The molecule has 1 aromatic heterocycles. The van der Waals surface area contributed by atoms with Crippen molar-refractivity contribution in [3.63, 3.8) is 0 Å². The number of nitrogens with one attached hydrogen (secondary N) is 1. The van der Waals surface area contributed by atoms with Crippen molar-refractivity contribution >= 4 is 28.4 Å². The third-order valence-electron chi connectivity index (χ3n) is 4.35. The van der Waals surface area contributed by atoms with Gasteiger partial charge in [0.15, 0.2) is 0 Å². The maximum Gasteiger partial charge on any atom is 0.265 e. The van der Waals surface area contributed by atoms with E-state index < -0.39 is 0 Å². The zero-order valence-electron chi connectivity index (χ0n) is 14.0. The number of rotatable bonds is 4. The van der Waals surface area contributed by atoms with E-state index in [1.807, 2.05) is 0 Å². The topological polar surface area (TPSA) is 73.2 Å². The lowest BCUT2D eigenvalue weighted by Gasteiger charge is -2.10. The van der Waals surface area contributed by atoms with Crippen LogP contribution in [0.5, 0.6) is 5.75 Å². The van der Waals surface area contributed by atoms with Gasteiger partial charge in [0.2, 0.25) is 0 Å². The van der Waals surface area contributed by atoms with E-state index in [0.717, 1.165) is 12.8 Å². The number of carbonyl (C=O) groups is 1. The number of aromatic nitrogens is 2. The summed E-state index contributed by atoms with van der Waals surface area (Å²) in [6.45, 7) is 0. The molecule has 0 atom stereocenters. The molecule has 0 aliphatic heterocycles. The molecular formula is C19H16ClN3O3. The lowest BCUT2D eigenvalue weighted by atomic mass is 10.1. The number of ether oxygens (including phenoxy) is 1. The zero-order valence-corrected chi connectivity index (χ0v) is 14.8. The van der Waals surface area contributed by atoms with E-state index >= 15 is 0 Å². The molecule has 26 heavy (non-hydrogen) atoms. The van der Waals surface area contributed by atoms with Crippen LogP contribution >= 0.6 is 11.6 Å². The number of halogens is 1. The number of amides is 1. The average Bonchev–Trinajstić information content (AvgIpc) is 3.45. The van der Waals surface area contributed by atoms with Crippen LogP contribution in [0.15, 0.2) is 47.5 Å². The number of hydrogen-bond donors (Lipinski definition) is 1. The highest BCUT2D eigenvalue weighted by atomic mass is 35.5. The number of hydrogen-bond acceptors (Lipinski definition) is 4. The summed E-state index contributed by atoms with van der Waals surface area (Å²) in [7, 11) is 1.53. The minimum Gasteiger partial charge on any atom is -0.495 e. The standard InChI is InChI=1S/C19H16ClN3O3/c1-26-17-7-5-13(9-15(17)20)23-10-21-16-8-11(2-6-14(16)19(23)25)18(24)22-12-3-4-12/h2,5-10,12H,3-4H2,1H3,(H,22,24). The van der Waals surface area contributed by atoms with Crippen LogP contribution in [-0.4, -0.2) is 28.6 Å². The van der Waals surface area contributed by atoms with Crippen LogP contribution < -0.4 is 15.6 Å². The lowest BCUT2D eigenvalue weighted by molar-refractivity contribution is 0.0951. The molecule has 1 aliphatic rings. The Bertz CT molecular complexity index is 1070. The maximum absolute atomic E-state index is 12.8. The van der Waals surface area contributed by atoms with Crippen LogP contribution in [0.1, 0.15) is 23.2 Å². The summed E-state index contributed by atoms with van der Waals surface area (Å²) in [5.41, 5.74) is 1.34. The number of benzene rings is 2. The summed E-state index contributed by atoms with van der Waals surface area (Å²) in [4.78, 5) is 29.3. The van der Waals surface area contributed by atoms with Crippen LogP contribution in [0.2, 0.25) is 5.02 Å². The summed E-state index contributed by atoms with van der Waals surface area (Å²) in [5, 5.41) is 3.77. The summed E-state index contributed by atoms with van der Waals surface area (Å²) < 4.78 is 6.55. The van der Waals surface area contributed by atoms with E-state index in [2.05, 4.69) is 10.3 Å². The van der Waals surface area contributed by atoms with Gasteiger partial charge in [-0.25, -0.2) is 4.98 Å². The quantitative estimate of drug-likeness (QED) is 0.767. The van der Waals surface area contributed by atoms with E-state index in [-0.39, 0.29) is 17.5 Å². The molecule has 1 amide bonds. The summed E-state index contributed by atoms with van der Waals surface area (Å²) >= 11 is 6.15. The second kappa shape index (κ2) is 6.46. The molecule has 0 saturated heterocycles. The number of methoxy groups -OCH3 is 1. The largest absolute Gasteiger partial charge is 0.495 e. The molecule has 0 radical (unpaired) electrons. The predicted octanol–water partition coefficient (Wildman–Crippen LogP) is 2.94. The molecule has 4 rings (SSSR count). The third kappa shape index (κ3) is 3.04. The van der Waals surface area contributed by atoms with Crippen molar-refractivity contribution in [2.24, 2.45) is 0 Å². The molecule has 132 valence electrons. The van der Waals surface area contributed by atoms with Crippen molar-refractivity contribution in [1.82, 2.24) is 14.9 Å². The summed E-state index contributed by atoms with van der Waals surface area (Å²) in [6, 6.07) is 10.3. The van der Waals surface area contributed by atoms with E-state index in [0.29, 0.717) is 32.9 Å². The number of fused-ring (bicyclic) bond motifs is 1. The second-order valence-electron chi connectivity index (χ2n) is 6.22. The number of carbonyl (C=O) groups excluding carboxylic acids is 1. The second-order valence-corrected chi connectivity index (χ2v) is 6.63. The van der Waals surface area contributed by atoms with Crippen molar-refractivity contribution in [1.29, 1.82) is 0 Å². The fourth-order valence-corrected chi connectivity index (χ4v) is 3.00. The minimum absolute atomic E-state index is 0.137. The van der Waals surface area contributed by atoms with Gasteiger partial charge < -0.3 is 10.1 Å². The Balaban J connectivity index is 1.74. The van der Waals surface area contributed by atoms with E-state index in [1.54, 1.807) is 36.4 Å². The van der Waals surface area contributed by atoms with E-state index in [4.69, 9.17) is 16.3 Å². The predicted molar refractivity (Wildman–Crippen MR) is 99.4 cm³/mol. The fourth-order valence-electron chi connectivity index (χ4n) is 2.75. The van der Waals surface area contributed by atoms with Crippen molar-refractivity contribution in [2.45, 2.75) is 18.9 Å². The molecule has 6 nitrogen and oxygen atoms in total. The maximum atomic E-state index is 12.8. The van der Waals surface area contributed by atoms with Gasteiger partial charge in [-0.3, -0.25) is 14.2 Å². The first-order valence-electron chi connectivity index (χ1n) is 8.23. The Morgan fingerprint density at radius 2 is 2.08 bits per heavy atom. The minimum atomic E-state index is -0.231. The van der Waals surface area contributed by atoms with Gasteiger partial charge in [0.1, 0.15) is 12.1 Å². The van der Waals surface area contributed by atoms with Crippen molar-refractivity contribution in [2.75, 3.05) is 7.11 Å². The monoisotopic (exact) mass is 369 g/mol. The van der Waals surface area contributed by atoms with Gasteiger partial charge in [-0.1, -0.05) is 11.6 Å². The number of nitrogens with zero attached hydrogens (tertiary/aromatic N) is 2. The van der Waals surface area contributed by atoms with E-state index in [9.17, 15) is 9.59 Å². The van der Waals surface area contributed by atoms with Crippen molar-refractivity contribution < 1.29 is 9.53 Å². The van der Waals surface area contributed by atoms with Gasteiger partial charge in [0, 0.05) is 11.6 Å². The molecule has 2 aromatic carbocycles. The average molecular weight is 370 g/mol. The van der Waals surface area contributed by atoms with E-state index in [1.165, 1.54) is 18.0 Å². The van der Waals surface area contributed by atoms with Crippen LogP contribution in [0.4, 0.5) is 0 Å². The first kappa shape index (κ1) is 16.6. The van der Waals surface area contributed by atoms with Crippen molar-refractivity contribution in [3.05, 3.63) is 63.7 Å². The molecule has 3 aromatic rings. The Morgan fingerprint density at radius 3 is 2.77 bits per heavy atom. The van der Waals surface area contributed by atoms with Crippen LogP contribution in [0, 0.1) is 0 Å². The molecule has 1 saturated carbocycles. The molecule has 1 fully saturated rings. The molecule has 7 heteroatoms. The molecule has 0 spiro atoms. The van der Waals surface area contributed by atoms with Crippen molar-refractivity contribution in [3.8, 4) is 11.4 Å². The highest BCUT2D eigenvalue weighted by Gasteiger charge is 2.24. The van der Waals surface area contributed by atoms with Gasteiger partial charge in [-0.15, -0.1) is 0 Å². The lowest BCUT2D eigenvalue weighted by Crippen LogP contribution is -2.25. The van der Waals surface area contributed by atoms with Gasteiger partial charge in [0.05, 0.1) is 28.7 Å². The summed E-state index contributed by atoms with van der Waals surface area (Å²) in [5.74, 6) is 0.394. The van der Waals surface area contributed by atoms with Gasteiger partial charge in [-0.2, -0.15) is 0 Å². The third-order valence-corrected chi connectivity index (χ3v) is 4.64. The molecule has 0 bridgehead atoms. The van der Waals surface area contributed by atoms with Gasteiger partial charge >= 0.3 is 0 Å². The SMILES string of the molecule is COc1ccc(-n2cnc3cc(C(=O)NC4CC4)ccc3c2=O)cc1Cl. The first-order chi connectivity index (χ1) is 12.6. The van der Waals surface area contributed by atoms with Gasteiger partial charge in [-0.05, 0) is 49.2 Å². The Kier molecular flexibility index (Phi) is 4.12. The summed E-state index contributed by atoms with van der Waals surface area (Å²) in [6.07, 6.45) is 3.48.